The minimum Gasteiger partial charge on any atom is -0.327 e. The molecule has 0 spiro atoms. The van der Waals surface area contributed by atoms with Crippen molar-refractivity contribution in [3.63, 3.8) is 0 Å². The summed E-state index contributed by atoms with van der Waals surface area (Å²) in [7, 11) is 0. The zero-order valence-corrected chi connectivity index (χ0v) is 11.7. The first-order chi connectivity index (χ1) is 7.00. The second kappa shape index (κ2) is 6.21. The normalized spacial score (nSPS) is 33.7. The molecule has 88 valence electrons. The van der Waals surface area contributed by atoms with Gasteiger partial charge in [0.1, 0.15) is 0 Å². The molecule has 0 saturated carbocycles. The molecule has 0 aromatic carbocycles. The van der Waals surface area contributed by atoms with Gasteiger partial charge in [-0.25, -0.2) is 0 Å². The van der Waals surface area contributed by atoms with Crippen molar-refractivity contribution in [3.8, 4) is 0 Å². The highest BCUT2D eigenvalue weighted by molar-refractivity contribution is 8.07. The van der Waals surface area contributed by atoms with E-state index in [-0.39, 0.29) is 0 Å². The Morgan fingerprint density at radius 3 is 2.67 bits per heavy atom. The van der Waals surface area contributed by atoms with Gasteiger partial charge in [-0.15, -0.1) is 6.58 Å². The number of allylic oxidation sites excluding steroid dienone is 1. The van der Waals surface area contributed by atoms with Gasteiger partial charge in [0.25, 0.3) is 0 Å². The standard InChI is InChI=1S/C12H23NS2/c1-8(2)5-6-11(13)12-7-14-9(3)10(4)15-12/h9-12H,1,5-7,13H2,2-4H3. The summed E-state index contributed by atoms with van der Waals surface area (Å²) >= 11 is 4.15. The summed E-state index contributed by atoms with van der Waals surface area (Å²) in [5.74, 6) is 1.22. The van der Waals surface area contributed by atoms with E-state index in [0.29, 0.717) is 11.3 Å². The van der Waals surface area contributed by atoms with E-state index in [0.717, 1.165) is 23.3 Å². The highest BCUT2D eigenvalue weighted by Crippen LogP contribution is 2.37. The SMILES string of the molecule is C=C(C)CCC(N)C1CSC(C)C(C)S1. The molecule has 1 aliphatic rings. The number of hydrogen-bond donors (Lipinski definition) is 1. The highest BCUT2D eigenvalue weighted by atomic mass is 32.2. The molecule has 0 aromatic rings. The number of thioether (sulfide) groups is 2. The van der Waals surface area contributed by atoms with Crippen LogP contribution in [-0.4, -0.2) is 27.5 Å². The summed E-state index contributed by atoms with van der Waals surface area (Å²) in [4.78, 5) is 0. The molecule has 0 bridgehead atoms. The van der Waals surface area contributed by atoms with Crippen LogP contribution in [0.25, 0.3) is 0 Å². The van der Waals surface area contributed by atoms with Gasteiger partial charge < -0.3 is 5.73 Å². The molecule has 1 fully saturated rings. The van der Waals surface area contributed by atoms with Gasteiger partial charge in [-0.05, 0) is 19.8 Å². The van der Waals surface area contributed by atoms with Gasteiger partial charge in [0.05, 0.1) is 0 Å². The van der Waals surface area contributed by atoms with E-state index in [1.807, 2.05) is 0 Å². The van der Waals surface area contributed by atoms with E-state index in [2.05, 4.69) is 50.9 Å². The Balaban J connectivity index is 2.33. The summed E-state index contributed by atoms with van der Waals surface area (Å²) in [6.45, 7) is 10.7. The molecule has 0 amide bonds. The lowest BCUT2D eigenvalue weighted by Crippen LogP contribution is -2.39. The molecule has 1 saturated heterocycles. The molecule has 1 nitrogen and oxygen atoms in total. The van der Waals surface area contributed by atoms with Gasteiger partial charge in [0, 0.05) is 27.5 Å². The average molecular weight is 245 g/mol. The first-order valence-electron chi connectivity index (χ1n) is 5.67. The van der Waals surface area contributed by atoms with Gasteiger partial charge in [-0.3, -0.25) is 0 Å². The Labute approximate surface area is 103 Å². The van der Waals surface area contributed by atoms with Crippen molar-refractivity contribution >= 4 is 23.5 Å². The topological polar surface area (TPSA) is 26.0 Å². The molecule has 1 aliphatic heterocycles. The number of hydrogen-bond acceptors (Lipinski definition) is 3. The molecule has 4 atom stereocenters. The van der Waals surface area contributed by atoms with E-state index >= 15 is 0 Å². The zero-order chi connectivity index (χ0) is 11.4. The zero-order valence-electron chi connectivity index (χ0n) is 10.0. The Morgan fingerprint density at radius 2 is 2.13 bits per heavy atom. The van der Waals surface area contributed by atoms with Crippen molar-refractivity contribution in [2.75, 3.05) is 5.75 Å². The lowest BCUT2D eigenvalue weighted by atomic mass is 10.1. The second-order valence-corrected chi connectivity index (χ2v) is 7.61. The fourth-order valence-corrected chi connectivity index (χ4v) is 4.73. The summed E-state index contributed by atoms with van der Waals surface area (Å²) in [6.07, 6.45) is 2.17. The quantitative estimate of drug-likeness (QED) is 0.770. The van der Waals surface area contributed by atoms with Crippen LogP contribution >= 0.6 is 23.5 Å². The summed E-state index contributed by atoms with van der Waals surface area (Å²) < 4.78 is 0. The third-order valence-corrected chi connectivity index (χ3v) is 6.53. The lowest BCUT2D eigenvalue weighted by molar-refractivity contribution is 0.605. The van der Waals surface area contributed by atoms with Gasteiger partial charge >= 0.3 is 0 Å². The highest BCUT2D eigenvalue weighted by Gasteiger charge is 2.29. The smallest absolute Gasteiger partial charge is 0.0292 e. The van der Waals surface area contributed by atoms with Crippen molar-refractivity contribution < 1.29 is 0 Å². The van der Waals surface area contributed by atoms with E-state index in [4.69, 9.17) is 5.73 Å². The molecule has 3 heteroatoms. The summed E-state index contributed by atoms with van der Waals surface area (Å²) in [5.41, 5.74) is 7.48. The van der Waals surface area contributed by atoms with Crippen LogP contribution in [0.3, 0.4) is 0 Å². The molecule has 0 aromatic heterocycles. The lowest BCUT2D eigenvalue weighted by Gasteiger charge is -2.34. The third-order valence-electron chi connectivity index (χ3n) is 2.96. The minimum atomic E-state index is 0.342. The largest absolute Gasteiger partial charge is 0.327 e. The van der Waals surface area contributed by atoms with Gasteiger partial charge in [-0.2, -0.15) is 23.5 Å². The second-order valence-electron chi connectivity index (χ2n) is 4.58. The molecule has 1 rings (SSSR count). The average Bonchev–Trinajstić information content (AvgIpc) is 2.18. The van der Waals surface area contributed by atoms with E-state index in [9.17, 15) is 0 Å². The fraction of sp³-hybridized carbons (Fsp3) is 0.833. The minimum absolute atomic E-state index is 0.342. The summed E-state index contributed by atoms with van der Waals surface area (Å²) in [6, 6.07) is 0.342. The Morgan fingerprint density at radius 1 is 1.47 bits per heavy atom. The van der Waals surface area contributed by atoms with Crippen LogP contribution in [0.15, 0.2) is 12.2 Å². The van der Waals surface area contributed by atoms with Crippen molar-refractivity contribution in [1.82, 2.24) is 0 Å². The van der Waals surface area contributed by atoms with Crippen molar-refractivity contribution in [3.05, 3.63) is 12.2 Å². The maximum atomic E-state index is 6.23. The monoisotopic (exact) mass is 245 g/mol. The molecule has 1 heterocycles. The van der Waals surface area contributed by atoms with E-state index < -0.39 is 0 Å². The molecule has 4 unspecified atom stereocenters. The molecule has 0 aliphatic carbocycles. The molecular weight excluding hydrogens is 222 g/mol. The third kappa shape index (κ3) is 4.41. The van der Waals surface area contributed by atoms with Crippen LogP contribution in [0.5, 0.6) is 0 Å². The van der Waals surface area contributed by atoms with Gasteiger partial charge in [0.2, 0.25) is 0 Å². The van der Waals surface area contributed by atoms with E-state index in [1.165, 1.54) is 11.3 Å². The van der Waals surface area contributed by atoms with Crippen molar-refractivity contribution in [1.29, 1.82) is 0 Å². The number of rotatable bonds is 4. The Bertz CT molecular complexity index is 218. The fourth-order valence-electron chi connectivity index (χ4n) is 1.63. The van der Waals surface area contributed by atoms with Crippen LogP contribution in [0.1, 0.15) is 33.6 Å². The van der Waals surface area contributed by atoms with Crippen LogP contribution in [0.2, 0.25) is 0 Å². The Kier molecular flexibility index (Phi) is 5.58. The molecular formula is C12H23NS2. The maximum Gasteiger partial charge on any atom is 0.0292 e. The van der Waals surface area contributed by atoms with Crippen molar-refractivity contribution in [2.45, 2.75) is 55.4 Å². The van der Waals surface area contributed by atoms with E-state index in [1.54, 1.807) is 0 Å². The predicted molar refractivity (Wildman–Crippen MR) is 74.8 cm³/mol. The van der Waals surface area contributed by atoms with Crippen molar-refractivity contribution in [2.24, 2.45) is 5.73 Å². The van der Waals surface area contributed by atoms with Crippen LogP contribution in [-0.2, 0) is 0 Å². The first-order valence-corrected chi connectivity index (χ1v) is 7.67. The molecule has 15 heavy (non-hydrogen) atoms. The van der Waals surface area contributed by atoms with Crippen LogP contribution in [0, 0.1) is 0 Å². The number of nitrogens with two attached hydrogens (primary N) is 1. The van der Waals surface area contributed by atoms with Gasteiger partial charge in [0.15, 0.2) is 0 Å². The molecule has 2 N–H and O–H groups in total. The molecule has 0 radical (unpaired) electrons. The predicted octanol–water partition coefficient (Wildman–Crippen LogP) is 3.30. The maximum absolute atomic E-state index is 6.23. The summed E-state index contributed by atoms with van der Waals surface area (Å²) in [5, 5.41) is 2.16. The Hall–Kier alpha value is 0.400. The first kappa shape index (κ1) is 13.5. The van der Waals surface area contributed by atoms with Crippen LogP contribution in [0.4, 0.5) is 0 Å². The van der Waals surface area contributed by atoms with Gasteiger partial charge in [-0.1, -0.05) is 19.4 Å². The van der Waals surface area contributed by atoms with Crippen LogP contribution < -0.4 is 5.73 Å².